The normalized spacial score (nSPS) is 10.7. The SMILES string of the molecule is COc1cccc2sc(C(=O)N(C)CCO)c(N)c12. The maximum atomic E-state index is 12.2. The van der Waals surface area contributed by atoms with E-state index in [-0.39, 0.29) is 19.1 Å². The average Bonchev–Trinajstić information content (AvgIpc) is 2.75. The molecule has 0 saturated heterocycles. The predicted molar refractivity (Wildman–Crippen MR) is 76.8 cm³/mol. The molecule has 0 bridgehead atoms. The Bertz CT molecular complexity index is 609. The number of nitrogen functional groups attached to an aromatic ring is 1. The lowest BCUT2D eigenvalue weighted by Gasteiger charge is -2.14. The standard InChI is InChI=1S/C13H16N2O3S/c1-15(6-7-16)13(17)12-11(14)10-8(18-2)4-3-5-9(10)19-12/h3-5,16H,6-7,14H2,1-2H3. The summed E-state index contributed by atoms with van der Waals surface area (Å²) in [7, 11) is 3.21. The van der Waals surface area contributed by atoms with Gasteiger partial charge in [-0.3, -0.25) is 4.79 Å². The highest BCUT2D eigenvalue weighted by Crippen LogP contribution is 2.39. The van der Waals surface area contributed by atoms with Crippen LogP contribution in [-0.2, 0) is 0 Å². The highest BCUT2D eigenvalue weighted by atomic mass is 32.1. The molecule has 0 spiro atoms. The predicted octanol–water partition coefficient (Wildman–Crippen LogP) is 1.56. The number of nitrogens with zero attached hydrogens (tertiary/aromatic N) is 1. The van der Waals surface area contributed by atoms with E-state index in [0.717, 1.165) is 10.1 Å². The van der Waals surface area contributed by atoms with E-state index in [1.54, 1.807) is 14.2 Å². The van der Waals surface area contributed by atoms with Gasteiger partial charge in [-0.15, -0.1) is 11.3 Å². The molecule has 2 aromatic rings. The number of hydrogen-bond donors (Lipinski definition) is 2. The van der Waals surface area contributed by atoms with Crippen LogP contribution in [0.2, 0.25) is 0 Å². The molecule has 6 heteroatoms. The molecule has 0 radical (unpaired) electrons. The molecule has 1 amide bonds. The van der Waals surface area contributed by atoms with Crippen LogP contribution in [0.4, 0.5) is 5.69 Å². The van der Waals surface area contributed by atoms with Crippen LogP contribution in [0.1, 0.15) is 9.67 Å². The number of aliphatic hydroxyl groups excluding tert-OH is 1. The third-order valence-corrected chi connectivity index (χ3v) is 4.07. The van der Waals surface area contributed by atoms with Gasteiger partial charge in [-0.1, -0.05) is 6.07 Å². The Labute approximate surface area is 115 Å². The number of aliphatic hydroxyl groups is 1. The monoisotopic (exact) mass is 280 g/mol. The number of carbonyl (C=O) groups is 1. The van der Waals surface area contributed by atoms with E-state index in [1.807, 2.05) is 18.2 Å². The van der Waals surface area contributed by atoms with Gasteiger partial charge in [0.15, 0.2) is 0 Å². The van der Waals surface area contributed by atoms with Crippen LogP contribution >= 0.6 is 11.3 Å². The average molecular weight is 280 g/mol. The number of hydrogen-bond acceptors (Lipinski definition) is 5. The number of anilines is 1. The lowest BCUT2D eigenvalue weighted by Crippen LogP contribution is -2.29. The van der Waals surface area contributed by atoms with Crippen LogP contribution in [-0.4, -0.2) is 43.2 Å². The molecule has 2 rings (SSSR count). The summed E-state index contributed by atoms with van der Waals surface area (Å²) in [5.41, 5.74) is 6.51. The number of benzene rings is 1. The van der Waals surface area contributed by atoms with E-state index in [0.29, 0.717) is 16.3 Å². The fourth-order valence-corrected chi connectivity index (χ4v) is 3.03. The van der Waals surface area contributed by atoms with Crippen molar-refractivity contribution < 1.29 is 14.6 Å². The summed E-state index contributed by atoms with van der Waals surface area (Å²) in [5, 5.41) is 9.66. The Kier molecular flexibility index (Phi) is 3.92. The van der Waals surface area contributed by atoms with Gasteiger partial charge in [0.25, 0.3) is 5.91 Å². The molecule has 19 heavy (non-hydrogen) atoms. The first kappa shape index (κ1) is 13.6. The molecule has 0 aliphatic rings. The number of rotatable bonds is 4. The van der Waals surface area contributed by atoms with E-state index in [1.165, 1.54) is 16.2 Å². The minimum atomic E-state index is -0.185. The number of ether oxygens (including phenoxy) is 1. The van der Waals surface area contributed by atoms with Crippen LogP contribution in [0.5, 0.6) is 5.75 Å². The molecule has 0 aliphatic heterocycles. The second kappa shape index (κ2) is 5.46. The quantitative estimate of drug-likeness (QED) is 0.891. The van der Waals surface area contributed by atoms with Crippen molar-refractivity contribution in [2.75, 3.05) is 33.0 Å². The molecule has 0 saturated carbocycles. The second-order valence-corrected chi connectivity index (χ2v) is 5.18. The number of nitrogens with two attached hydrogens (primary N) is 1. The Balaban J connectivity index is 2.51. The van der Waals surface area contributed by atoms with Gasteiger partial charge in [0.05, 0.1) is 24.8 Å². The molecule has 0 unspecified atom stereocenters. The summed E-state index contributed by atoms with van der Waals surface area (Å²) in [6.45, 7) is 0.208. The van der Waals surface area contributed by atoms with Crippen molar-refractivity contribution in [1.29, 1.82) is 0 Å². The molecule has 0 aliphatic carbocycles. The minimum Gasteiger partial charge on any atom is -0.496 e. The lowest BCUT2D eigenvalue weighted by atomic mass is 10.2. The molecular weight excluding hydrogens is 264 g/mol. The number of fused-ring (bicyclic) bond motifs is 1. The van der Waals surface area contributed by atoms with Crippen molar-refractivity contribution in [1.82, 2.24) is 4.90 Å². The topological polar surface area (TPSA) is 75.8 Å². The summed E-state index contributed by atoms with van der Waals surface area (Å²) in [6, 6.07) is 5.58. The van der Waals surface area contributed by atoms with E-state index in [9.17, 15) is 4.79 Å². The summed E-state index contributed by atoms with van der Waals surface area (Å²) < 4.78 is 6.19. The van der Waals surface area contributed by atoms with Crippen LogP contribution in [0, 0.1) is 0 Å². The van der Waals surface area contributed by atoms with E-state index in [4.69, 9.17) is 15.6 Å². The first-order valence-electron chi connectivity index (χ1n) is 5.81. The van der Waals surface area contributed by atoms with Crippen molar-refractivity contribution in [2.24, 2.45) is 0 Å². The highest BCUT2D eigenvalue weighted by molar-refractivity contribution is 7.21. The Morgan fingerprint density at radius 3 is 2.89 bits per heavy atom. The van der Waals surface area contributed by atoms with Gasteiger partial charge in [-0.2, -0.15) is 0 Å². The number of carbonyl (C=O) groups excluding carboxylic acids is 1. The van der Waals surface area contributed by atoms with Crippen LogP contribution in [0.25, 0.3) is 10.1 Å². The molecule has 5 nitrogen and oxygen atoms in total. The fourth-order valence-electron chi connectivity index (χ4n) is 1.89. The third-order valence-electron chi connectivity index (χ3n) is 2.91. The Morgan fingerprint density at radius 1 is 1.53 bits per heavy atom. The summed E-state index contributed by atoms with van der Waals surface area (Å²) in [4.78, 5) is 14.2. The molecule has 1 heterocycles. The first-order valence-corrected chi connectivity index (χ1v) is 6.63. The molecule has 0 atom stereocenters. The maximum absolute atomic E-state index is 12.2. The maximum Gasteiger partial charge on any atom is 0.265 e. The van der Waals surface area contributed by atoms with Gasteiger partial charge < -0.3 is 20.5 Å². The zero-order valence-electron chi connectivity index (χ0n) is 10.8. The largest absolute Gasteiger partial charge is 0.496 e. The number of thiophene rings is 1. The molecular formula is C13H16N2O3S. The lowest BCUT2D eigenvalue weighted by molar-refractivity contribution is 0.0772. The summed E-state index contributed by atoms with van der Waals surface area (Å²) >= 11 is 1.34. The third kappa shape index (κ3) is 2.36. The minimum absolute atomic E-state index is 0.0731. The van der Waals surface area contributed by atoms with Gasteiger partial charge in [0.2, 0.25) is 0 Å². The zero-order valence-corrected chi connectivity index (χ0v) is 11.7. The van der Waals surface area contributed by atoms with Gasteiger partial charge >= 0.3 is 0 Å². The van der Waals surface area contributed by atoms with E-state index in [2.05, 4.69) is 0 Å². The van der Waals surface area contributed by atoms with Crippen molar-refractivity contribution in [3.8, 4) is 5.75 Å². The van der Waals surface area contributed by atoms with Crippen molar-refractivity contribution >= 4 is 33.0 Å². The zero-order chi connectivity index (χ0) is 14.0. The van der Waals surface area contributed by atoms with Crippen LogP contribution in [0.3, 0.4) is 0 Å². The van der Waals surface area contributed by atoms with Gasteiger partial charge in [-0.25, -0.2) is 0 Å². The summed E-state index contributed by atoms with van der Waals surface area (Å²) in [5.74, 6) is 0.477. The Morgan fingerprint density at radius 2 is 2.26 bits per heavy atom. The van der Waals surface area contributed by atoms with Gasteiger partial charge in [-0.05, 0) is 12.1 Å². The second-order valence-electron chi connectivity index (χ2n) is 4.13. The van der Waals surface area contributed by atoms with Gasteiger partial charge in [0.1, 0.15) is 10.6 Å². The number of amides is 1. The van der Waals surface area contributed by atoms with E-state index >= 15 is 0 Å². The molecule has 3 N–H and O–H groups in total. The Hall–Kier alpha value is -1.79. The molecule has 1 aromatic carbocycles. The molecule has 102 valence electrons. The number of likely N-dealkylation sites (N-methyl/N-ethyl adjacent to an activating group) is 1. The van der Waals surface area contributed by atoms with E-state index < -0.39 is 0 Å². The van der Waals surface area contributed by atoms with Crippen LogP contribution < -0.4 is 10.5 Å². The highest BCUT2D eigenvalue weighted by Gasteiger charge is 2.21. The smallest absolute Gasteiger partial charge is 0.265 e. The van der Waals surface area contributed by atoms with Crippen molar-refractivity contribution in [2.45, 2.75) is 0 Å². The first-order chi connectivity index (χ1) is 9.10. The fraction of sp³-hybridized carbons (Fsp3) is 0.308. The molecule has 1 aromatic heterocycles. The van der Waals surface area contributed by atoms with Crippen molar-refractivity contribution in [3.05, 3.63) is 23.1 Å². The summed E-state index contributed by atoms with van der Waals surface area (Å²) in [6.07, 6.45) is 0. The van der Waals surface area contributed by atoms with Crippen LogP contribution in [0.15, 0.2) is 18.2 Å². The molecule has 0 fully saturated rings. The van der Waals surface area contributed by atoms with Crippen molar-refractivity contribution in [3.63, 3.8) is 0 Å². The van der Waals surface area contributed by atoms with Gasteiger partial charge in [0, 0.05) is 18.3 Å². The number of methoxy groups -OCH3 is 1.